The first-order valence-electron chi connectivity index (χ1n) is 9.85. The molecule has 2 aromatic carbocycles. The second-order valence-electron chi connectivity index (χ2n) is 7.26. The molecule has 29 heavy (non-hydrogen) atoms. The van der Waals surface area contributed by atoms with Crippen LogP contribution in [0, 0.1) is 5.92 Å². The number of nitrogens with two attached hydrogens (primary N) is 2. The van der Waals surface area contributed by atoms with Crippen molar-refractivity contribution in [2.45, 2.75) is 19.3 Å². The number of hydrogen-bond acceptors (Lipinski definition) is 8. The molecule has 0 radical (unpaired) electrons. The number of para-hydroxylation sites is 1. The van der Waals surface area contributed by atoms with Crippen molar-refractivity contribution in [2.24, 2.45) is 5.92 Å². The van der Waals surface area contributed by atoms with Crippen LogP contribution in [0.1, 0.15) is 18.4 Å². The summed E-state index contributed by atoms with van der Waals surface area (Å²) in [5.74, 6) is 2.25. The maximum Gasteiger partial charge on any atom is 0.233 e. The molecule has 4 rings (SSSR count). The van der Waals surface area contributed by atoms with E-state index in [9.17, 15) is 0 Å². The summed E-state index contributed by atoms with van der Waals surface area (Å²) in [5, 5.41) is 9.80. The first-order chi connectivity index (χ1) is 14.2. The smallest absolute Gasteiger partial charge is 0.233 e. The van der Waals surface area contributed by atoms with Crippen LogP contribution >= 0.6 is 0 Å². The van der Waals surface area contributed by atoms with E-state index in [4.69, 9.17) is 11.5 Å². The SMILES string of the molecule is Nc1cccc(Nc2nc(NCCc3ccccc3N)nc(NCC3CC3)n2)c1. The van der Waals surface area contributed by atoms with Gasteiger partial charge in [-0.3, -0.25) is 0 Å². The van der Waals surface area contributed by atoms with Crippen molar-refractivity contribution >= 4 is 34.9 Å². The topological polar surface area (TPSA) is 127 Å². The average molecular weight is 390 g/mol. The molecule has 1 aliphatic rings. The van der Waals surface area contributed by atoms with Gasteiger partial charge in [0.15, 0.2) is 0 Å². The van der Waals surface area contributed by atoms with Crippen molar-refractivity contribution < 1.29 is 0 Å². The van der Waals surface area contributed by atoms with E-state index in [1.807, 2.05) is 48.5 Å². The van der Waals surface area contributed by atoms with Crippen molar-refractivity contribution in [3.8, 4) is 0 Å². The highest BCUT2D eigenvalue weighted by molar-refractivity contribution is 5.60. The largest absolute Gasteiger partial charge is 0.399 e. The van der Waals surface area contributed by atoms with Crippen LogP contribution in [-0.4, -0.2) is 28.0 Å². The molecule has 0 bridgehead atoms. The quantitative estimate of drug-likeness (QED) is 0.352. The van der Waals surface area contributed by atoms with Gasteiger partial charge in [-0.25, -0.2) is 0 Å². The van der Waals surface area contributed by atoms with Crippen LogP contribution in [0.3, 0.4) is 0 Å². The van der Waals surface area contributed by atoms with Crippen LogP contribution in [0.4, 0.5) is 34.9 Å². The zero-order chi connectivity index (χ0) is 20.1. The van der Waals surface area contributed by atoms with E-state index in [-0.39, 0.29) is 0 Å². The van der Waals surface area contributed by atoms with Crippen molar-refractivity contribution in [1.29, 1.82) is 0 Å². The average Bonchev–Trinajstić information content (AvgIpc) is 3.52. The Morgan fingerprint density at radius 3 is 2.38 bits per heavy atom. The summed E-state index contributed by atoms with van der Waals surface area (Å²) in [6, 6.07) is 15.3. The Kier molecular flexibility index (Phi) is 5.60. The third-order valence-electron chi connectivity index (χ3n) is 4.76. The van der Waals surface area contributed by atoms with Gasteiger partial charge in [0.05, 0.1) is 0 Å². The molecule has 0 spiro atoms. The van der Waals surface area contributed by atoms with E-state index in [0.29, 0.717) is 30.1 Å². The first-order valence-corrected chi connectivity index (χ1v) is 9.85. The van der Waals surface area contributed by atoms with Gasteiger partial charge in [0.2, 0.25) is 17.8 Å². The lowest BCUT2D eigenvalue weighted by Gasteiger charge is -2.12. The van der Waals surface area contributed by atoms with Crippen molar-refractivity contribution in [3.05, 3.63) is 54.1 Å². The minimum atomic E-state index is 0.464. The van der Waals surface area contributed by atoms with Gasteiger partial charge in [-0.15, -0.1) is 0 Å². The number of aromatic nitrogens is 3. The van der Waals surface area contributed by atoms with Gasteiger partial charge in [0.1, 0.15) is 0 Å². The van der Waals surface area contributed by atoms with Gasteiger partial charge in [-0.2, -0.15) is 15.0 Å². The molecule has 0 amide bonds. The summed E-state index contributed by atoms with van der Waals surface area (Å²) in [7, 11) is 0. The molecule has 1 fully saturated rings. The zero-order valence-corrected chi connectivity index (χ0v) is 16.2. The fourth-order valence-electron chi connectivity index (χ4n) is 2.96. The lowest BCUT2D eigenvalue weighted by molar-refractivity contribution is 0.867. The van der Waals surface area contributed by atoms with E-state index >= 15 is 0 Å². The van der Waals surface area contributed by atoms with Crippen LogP contribution in [0.25, 0.3) is 0 Å². The highest BCUT2D eigenvalue weighted by Gasteiger charge is 2.21. The molecule has 150 valence electrons. The summed E-state index contributed by atoms with van der Waals surface area (Å²) in [6.45, 7) is 1.54. The molecular weight excluding hydrogens is 364 g/mol. The predicted octanol–water partition coefficient (Wildman–Crippen LogP) is 3.26. The number of anilines is 6. The standard InChI is InChI=1S/C21H26N8/c22-16-5-3-6-17(12-16)26-21-28-19(27-20(29-21)25-13-14-8-9-14)24-11-10-15-4-1-2-7-18(15)23/h1-7,12,14H,8-11,13,22-23H2,(H3,24,25,26,27,28,29). The summed E-state index contributed by atoms with van der Waals surface area (Å²) in [6.07, 6.45) is 3.30. The van der Waals surface area contributed by atoms with E-state index in [2.05, 4.69) is 30.9 Å². The van der Waals surface area contributed by atoms with Crippen molar-refractivity contribution in [1.82, 2.24) is 15.0 Å². The molecule has 0 unspecified atom stereocenters. The van der Waals surface area contributed by atoms with E-state index < -0.39 is 0 Å². The molecule has 1 aromatic heterocycles. The monoisotopic (exact) mass is 390 g/mol. The molecule has 0 aliphatic heterocycles. The number of benzene rings is 2. The van der Waals surface area contributed by atoms with E-state index in [1.54, 1.807) is 0 Å². The van der Waals surface area contributed by atoms with Gasteiger partial charge in [-0.1, -0.05) is 24.3 Å². The van der Waals surface area contributed by atoms with Gasteiger partial charge < -0.3 is 27.4 Å². The Balaban J connectivity index is 1.46. The molecule has 0 saturated heterocycles. The fraction of sp³-hybridized carbons (Fsp3) is 0.286. The molecule has 8 nitrogen and oxygen atoms in total. The molecular formula is C21H26N8. The third kappa shape index (κ3) is 5.47. The molecule has 7 N–H and O–H groups in total. The van der Waals surface area contributed by atoms with Gasteiger partial charge in [-0.05, 0) is 55.0 Å². The van der Waals surface area contributed by atoms with Gasteiger partial charge >= 0.3 is 0 Å². The maximum atomic E-state index is 6.02. The minimum Gasteiger partial charge on any atom is -0.399 e. The van der Waals surface area contributed by atoms with Crippen LogP contribution in [0.2, 0.25) is 0 Å². The lowest BCUT2D eigenvalue weighted by Crippen LogP contribution is -2.14. The summed E-state index contributed by atoms with van der Waals surface area (Å²) < 4.78 is 0. The van der Waals surface area contributed by atoms with E-state index in [1.165, 1.54) is 12.8 Å². The summed E-state index contributed by atoms with van der Waals surface area (Å²) >= 11 is 0. The molecule has 1 heterocycles. The lowest BCUT2D eigenvalue weighted by atomic mass is 10.1. The second-order valence-corrected chi connectivity index (χ2v) is 7.26. The first kappa shape index (κ1) is 18.8. The molecule has 1 saturated carbocycles. The predicted molar refractivity (Wildman–Crippen MR) is 118 cm³/mol. The van der Waals surface area contributed by atoms with Crippen LogP contribution < -0.4 is 27.4 Å². The number of nitrogens with one attached hydrogen (secondary N) is 3. The highest BCUT2D eigenvalue weighted by Crippen LogP contribution is 2.28. The van der Waals surface area contributed by atoms with Crippen LogP contribution in [0.5, 0.6) is 0 Å². The molecule has 3 aromatic rings. The number of nitrogens with zero attached hydrogens (tertiary/aromatic N) is 3. The minimum absolute atomic E-state index is 0.464. The van der Waals surface area contributed by atoms with Crippen molar-refractivity contribution in [3.63, 3.8) is 0 Å². The van der Waals surface area contributed by atoms with Crippen molar-refractivity contribution in [2.75, 3.05) is 40.5 Å². The maximum absolute atomic E-state index is 6.02. The number of hydrogen-bond donors (Lipinski definition) is 5. The summed E-state index contributed by atoms with van der Waals surface area (Å²) in [5.41, 5.74) is 15.3. The zero-order valence-electron chi connectivity index (χ0n) is 16.2. The van der Waals surface area contributed by atoms with Crippen LogP contribution in [-0.2, 0) is 6.42 Å². The normalized spacial score (nSPS) is 13.1. The Hall–Kier alpha value is -3.55. The Morgan fingerprint density at radius 2 is 1.62 bits per heavy atom. The fourth-order valence-corrected chi connectivity index (χ4v) is 2.96. The number of rotatable bonds is 9. The van der Waals surface area contributed by atoms with E-state index in [0.717, 1.165) is 35.8 Å². The van der Waals surface area contributed by atoms with Gasteiger partial charge in [0, 0.05) is 30.2 Å². The Bertz CT molecular complexity index is 970. The number of nitrogen functional groups attached to an aromatic ring is 2. The Labute approximate surface area is 170 Å². The van der Waals surface area contributed by atoms with Gasteiger partial charge in [0.25, 0.3) is 0 Å². The summed E-state index contributed by atoms with van der Waals surface area (Å²) in [4.78, 5) is 13.5. The van der Waals surface area contributed by atoms with Crippen LogP contribution in [0.15, 0.2) is 48.5 Å². The molecule has 0 atom stereocenters. The third-order valence-corrected chi connectivity index (χ3v) is 4.76. The molecule has 1 aliphatic carbocycles. The Morgan fingerprint density at radius 1 is 0.862 bits per heavy atom. The molecule has 8 heteroatoms. The second kappa shape index (κ2) is 8.64. The highest BCUT2D eigenvalue weighted by atomic mass is 15.3.